The lowest BCUT2D eigenvalue weighted by molar-refractivity contribution is -0.161. The monoisotopic (exact) mass is 1740 g/mol. The minimum Gasteiger partial charge on any atom is -0.497 e. The summed E-state index contributed by atoms with van der Waals surface area (Å²) in [6.45, 7) is 4.98. The lowest BCUT2D eigenvalue weighted by atomic mass is 10.0. The number of esters is 4. The van der Waals surface area contributed by atoms with Crippen LogP contribution in [0.4, 0.5) is 0 Å². The third-order valence-corrected chi connectivity index (χ3v) is 28.4. The van der Waals surface area contributed by atoms with Gasteiger partial charge in [0.1, 0.15) is 25.1 Å². The van der Waals surface area contributed by atoms with Gasteiger partial charge in [-0.1, -0.05) is 348 Å². The predicted molar refractivity (Wildman–Crippen MR) is 482 cm³/mol. The minimum atomic E-state index is -4.74. The van der Waals surface area contributed by atoms with E-state index in [4.69, 9.17) is 55.6 Å². The Labute approximate surface area is 735 Å². The third kappa shape index (κ3) is 56.8. The maximum Gasteiger partial charge on any atom is 0.475 e. The molecule has 1 aromatic carbocycles. The number of carbonyl (C=O) groups is 4. The zero-order chi connectivity index (χ0) is 86.7. The van der Waals surface area contributed by atoms with E-state index in [1.807, 2.05) is 12.1 Å². The standard InChI is InChI=1S/C99H172N2O18P2/c1-6-10-14-18-26-38-52-84-72-88(84)56-42-30-22-34-46-60-96(102)110-77-94(118-98(104)62-48-36-24-32-44-58-90-74-86(90)54-40-28-20-16-12-8-3)81-116-120(106,112-70-50-68-100)114-79-93(109-76-83-64-66-92(108-5)67-65-83)80-115-121(107,113-71-51-69-101)117-82-95(119-99(105)63-49-37-25-33-45-59-91-75-87(91)55-41-29-21-17-13-9-4)78-111-97(103)61-47-35-23-31-43-57-89-73-85(89)53-39-27-19-15-11-7-2/h64-67,84-91,93-95H,6-63,70-82H2,1-5H3/t84-,85-,86-,87-,88+,89+,90+,91+,93?,94+,95+,120?,121?/m0/s1. The highest BCUT2D eigenvalue weighted by atomic mass is 31.2. The summed E-state index contributed by atoms with van der Waals surface area (Å²) in [6, 6.07) is 11.0. The van der Waals surface area contributed by atoms with Gasteiger partial charge in [-0.15, -0.1) is 0 Å². The smallest absolute Gasteiger partial charge is 0.475 e. The molecule has 12 atom stereocenters. The van der Waals surface area contributed by atoms with Crippen molar-refractivity contribution in [2.24, 2.45) is 47.3 Å². The van der Waals surface area contributed by atoms with Crippen LogP contribution >= 0.6 is 15.6 Å². The molecule has 0 bridgehead atoms. The highest BCUT2D eigenvalue weighted by Crippen LogP contribution is 2.53. The van der Waals surface area contributed by atoms with Crippen LogP contribution in [0.25, 0.3) is 0 Å². The molecule has 0 aromatic heterocycles. The lowest BCUT2D eigenvalue weighted by Crippen LogP contribution is -2.31. The molecule has 0 aliphatic heterocycles. The first-order valence-corrected chi connectivity index (χ1v) is 52.8. The number of ether oxygens (including phenoxy) is 6. The molecular formula is C99H172N2O18P2. The molecule has 0 saturated heterocycles. The molecule has 1 aromatic rings. The first-order valence-electron chi connectivity index (χ1n) is 49.9. The largest absolute Gasteiger partial charge is 0.497 e. The summed E-state index contributed by atoms with van der Waals surface area (Å²) in [5, 5.41) is 19.2. The van der Waals surface area contributed by atoms with Crippen LogP contribution in [0.3, 0.4) is 0 Å². The number of nitriles is 2. The normalized spacial score (nSPS) is 20.0. The van der Waals surface area contributed by atoms with Crippen LogP contribution in [-0.2, 0) is 85.7 Å². The van der Waals surface area contributed by atoms with Crippen molar-refractivity contribution >= 4 is 39.5 Å². The molecule has 696 valence electrons. The average Bonchev–Trinajstić information content (AvgIpc) is 1.68. The number of hydrogen-bond donors (Lipinski definition) is 0. The Hall–Kier alpha value is -3.94. The van der Waals surface area contributed by atoms with Crippen LogP contribution < -0.4 is 4.74 Å². The molecule has 0 radical (unpaired) electrons. The number of methoxy groups -OCH3 is 1. The van der Waals surface area contributed by atoms with E-state index in [1.165, 1.54) is 257 Å². The number of rotatable bonds is 88. The Kier molecular flexibility index (Phi) is 62.3. The Bertz CT molecular complexity index is 2800. The highest BCUT2D eigenvalue weighted by molar-refractivity contribution is 7.48. The zero-order valence-electron chi connectivity index (χ0n) is 77.0. The van der Waals surface area contributed by atoms with Crippen molar-refractivity contribution in [3.05, 3.63) is 29.8 Å². The van der Waals surface area contributed by atoms with Gasteiger partial charge in [-0.25, -0.2) is 9.13 Å². The van der Waals surface area contributed by atoms with Gasteiger partial charge in [0.2, 0.25) is 0 Å². The summed E-state index contributed by atoms with van der Waals surface area (Å²) >= 11 is 0. The van der Waals surface area contributed by atoms with Gasteiger partial charge in [-0.05, 0) is 116 Å². The Morgan fingerprint density at radius 1 is 0.331 bits per heavy atom. The van der Waals surface area contributed by atoms with Gasteiger partial charge >= 0.3 is 39.5 Å². The van der Waals surface area contributed by atoms with E-state index in [9.17, 15) is 38.8 Å². The molecule has 4 aliphatic carbocycles. The van der Waals surface area contributed by atoms with Crippen molar-refractivity contribution in [2.45, 2.75) is 451 Å². The Morgan fingerprint density at radius 3 is 0.843 bits per heavy atom. The molecule has 5 rings (SSSR count). The molecule has 0 spiro atoms. The van der Waals surface area contributed by atoms with E-state index >= 15 is 0 Å². The highest BCUT2D eigenvalue weighted by Gasteiger charge is 2.40. The van der Waals surface area contributed by atoms with E-state index in [0.717, 1.165) is 124 Å². The predicted octanol–water partition coefficient (Wildman–Crippen LogP) is 28.1. The molecule has 2 unspecified atom stereocenters. The van der Waals surface area contributed by atoms with Crippen LogP contribution in [-0.4, -0.2) is 102 Å². The van der Waals surface area contributed by atoms with Gasteiger partial charge in [0.05, 0.1) is 78.3 Å². The molecule has 0 heterocycles. The van der Waals surface area contributed by atoms with Crippen molar-refractivity contribution in [3.63, 3.8) is 0 Å². The topological polar surface area (TPSA) is 261 Å². The fraction of sp³-hybridized carbons (Fsp3) is 0.879. The Morgan fingerprint density at radius 2 is 0.579 bits per heavy atom. The van der Waals surface area contributed by atoms with Gasteiger partial charge in [0.25, 0.3) is 0 Å². The van der Waals surface area contributed by atoms with Crippen LogP contribution in [0.1, 0.15) is 431 Å². The number of carbonyl (C=O) groups excluding carboxylic acids is 4. The maximum absolute atomic E-state index is 14.9. The zero-order valence-corrected chi connectivity index (χ0v) is 78.8. The van der Waals surface area contributed by atoms with E-state index in [2.05, 4.69) is 27.7 Å². The number of phosphoric ester groups is 2. The average molecular weight is 1740 g/mol. The third-order valence-electron chi connectivity index (χ3n) is 25.5. The molecule has 4 aliphatic rings. The van der Waals surface area contributed by atoms with Gasteiger partial charge in [-0.3, -0.25) is 46.3 Å². The molecule has 20 nitrogen and oxygen atoms in total. The second-order valence-corrected chi connectivity index (χ2v) is 39.7. The van der Waals surface area contributed by atoms with Crippen molar-refractivity contribution in [3.8, 4) is 17.9 Å². The second kappa shape index (κ2) is 70.1. The summed E-state index contributed by atoms with van der Waals surface area (Å²) < 4.78 is 100. The molecule has 121 heavy (non-hydrogen) atoms. The Balaban J connectivity index is 1.20. The number of phosphoric acid groups is 2. The second-order valence-electron chi connectivity index (χ2n) is 36.4. The van der Waals surface area contributed by atoms with E-state index in [0.29, 0.717) is 37.0 Å². The molecule has 4 fully saturated rings. The summed E-state index contributed by atoms with van der Waals surface area (Å²) in [5.41, 5.74) is 0.673. The lowest BCUT2D eigenvalue weighted by Gasteiger charge is -2.26. The van der Waals surface area contributed by atoms with Crippen molar-refractivity contribution in [1.82, 2.24) is 0 Å². The minimum absolute atomic E-state index is 0.0873. The molecule has 0 amide bonds. The molecule has 4 saturated carbocycles. The fourth-order valence-electron chi connectivity index (χ4n) is 17.3. The summed E-state index contributed by atoms with van der Waals surface area (Å²) in [4.78, 5) is 54.1. The van der Waals surface area contributed by atoms with Gasteiger partial charge in [0.15, 0.2) is 12.2 Å². The van der Waals surface area contributed by atoms with E-state index in [1.54, 1.807) is 31.4 Å². The van der Waals surface area contributed by atoms with Crippen molar-refractivity contribution in [1.29, 1.82) is 10.5 Å². The number of unbranched alkanes of at least 4 members (excludes halogenated alkanes) is 36. The summed E-state index contributed by atoms with van der Waals surface area (Å²) in [7, 11) is -7.93. The molecular weight excluding hydrogens is 1570 g/mol. The van der Waals surface area contributed by atoms with Crippen LogP contribution in [0, 0.1) is 70.0 Å². The molecule has 22 heteroatoms. The van der Waals surface area contributed by atoms with Crippen LogP contribution in [0.15, 0.2) is 24.3 Å². The van der Waals surface area contributed by atoms with E-state index in [-0.39, 0.29) is 58.3 Å². The van der Waals surface area contributed by atoms with E-state index < -0.39 is 97.5 Å². The van der Waals surface area contributed by atoms with Gasteiger partial charge in [-0.2, -0.15) is 10.5 Å². The van der Waals surface area contributed by atoms with Crippen molar-refractivity contribution in [2.75, 3.05) is 60.0 Å². The number of nitrogens with zero attached hydrogens (tertiary/aromatic N) is 2. The summed E-state index contributed by atoms with van der Waals surface area (Å²) in [6.07, 6.45) is 63.8. The maximum atomic E-state index is 14.9. The van der Waals surface area contributed by atoms with Gasteiger partial charge < -0.3 is 28.4 Å². The number of hydrogen-bond acceptors (Lipinski definition) is 20. The molecule has 0 N–H and O–H groups in total. The first-order chi connectivity index (χ1) is 59.1. The van der Waals surface area contributed by atoms with Crippen molar-refractivity contribution < 1.29 is 83.9 Å². The quantitative estimate of drug-likeness (QED) is 0.0254. The van der Waals surface area contributed by atoms with Crippen LogP contribution in [0.2, 0.25) is 0 Å². The first kappa shape index (κ1) is 108. The number of benzene rings is 1. The van der Waals surface area contributed by atoms with Gasteiger partial charge in [0, 0.05) is 25.7 Å². The fourth-order valence-corrected chi connectivity index (χ4v) is 19.8. The summed E-state index contributed by atoms with van der Waals surface area (Å²) in [5.74, 6) is 5.65. The SMILES string of the molecule is CCCCCCCC[C@H]1C[C@H]1CCCCCCCC(=O)OC[C@H](COP(=O)(OCCC#N)OCC(COP(=O)(OCCC#N)OC[C@@H](COC(=O)CCCCCCC[C@@H]1C[C@@H]1CCCCCCCC)OC(=O)CCCCCCC[C@@H]1C[C@@H]1CCCCCCCC)OCc1ccc(OC)cc1)OC(=O)CCCCCCC[C@@H]1C[C@@H]1CCCCCCCC. The van der Waals surface area contributed by atoms with Crippen LogP contribution in [0.5, 0.6) is 5.75 Å².